The van der Waals surface area contributed by atoms with Crippen LogP contribution >= 0.6 is 0 Å². The minimum Gasteiger partial charge on any atom is -0.396 e. The zero-order chi connectivity index (χ0) is 13.2. The molecule has 1 saturated heterocycles. The Morgan fingerprint density at radius 2 is 2.05 bits per heavy atom. The van der Waals surface area contributed by atoms with Crippen molar-refractivity contribution < 1.29 is 5.11 Å². The van der Waals surface area contributed by atoms with Crippen LogP contribution in [-0.4, -0.2) is 29.8 Å². The van der Waals surface area contributed by atoms with Gasteiger partial charge in [-0.15, -0.1) is 0 Å². The van der Waals surface area contributed by atoms with Crippen LogP contribution in [0, 0.1) is 5.92 Å². The second-order valence-corrected chi connectivity index (χ2v) is 5.18. The van der Waals surface area contributed by atoms with Crippen molar-refractivity contribution in [2.45, 2.75) is 12.8 Å². The SMILES string of the molecule is Nc1c(N2CCC(CO)CC2)ccc2ncccc12. The van der Waals surface area contributed by atoms with Crippen molar-refractivity contribution in [1.29, 1.82) is 0 Å². The van der Waals surface area contributed by atoms with E-state index in [2.05, 4.69) is 16.0 Å². The number of hydrogen-bond acceptors (Lipinski definition) is 4. The fourth-order valence-electron chi connectivity index (χ4n) is 2.80. The first-order chi connectivity index (χ1) is 9.29. The molecule has 0 aliphatic carbocycles. The zero-order valence-electron chi connectivity index (χ0n) is 10.9. The summed E-state index contributed by atoms with van der Waals surface area (Å²) in [6.07, 6.45) is 3.84. The minimum atomic E-state index is 0.297. The summed E-state index contributed by atoms with van der Waals surface area (Å²) in [5, 5.41) is 10.2. The van der Waals surface area contributed by atoms with Crippen LogP contribution in [0.1, 0.15) is 12.8 Å². The number of aromatic nitrogens is 1. The van der Waals surface area contributed by atoms with Gasteiger partial charge in [0.25, 0.3) is 0 Å². The second kappa shape index (κ2) is 5.05. The maximum atomic E-state index is 9.19. The van der Waals surface area contributed by atoms with Crippen molar-refractivity contribution in [2.75, 3.05) is 30.3 Å². The smallest absolute Gasteiger partial charge is 0.0724 e. The van der Waals surface area contributed by atoms with Crippen LogP contribution in [0.15, 0.2) is 30.5 Å². The number of anilines is 2. The lowest BCUT2D eigenvalue weighted by Gasteiger charge is -2.33. The summed E-state index contributed by atoms with van der Waals surface area (Å²) in [5.41, 5.74) is 9.13. The maximum Gasteiger partial charge on any atom is 0.0724 e. The van der Waals surface area contributed by atoms with E-state index in [1.165, 1.54) is 0 Å². The fourth-order valence-corrected chi connectivity index (χ4v) is 2.80. The van der Waals surface area contributed by atoms with E-state index in [-0.39, 0.29) is 0 Å². The summed E-state index contributed by atoms with van der Waals surface area (Å²) in [7, 11) is 0. The molecule has 0 saturated carbocycles. The van der Waals surface area contributed by atoms with E-state index in [1.807, 2.05) is 18.2 Å². The highest BCUT2D eigenvalue weighted by molar-refractivity contribution is 5.97. The Bertz CT molecular complexity index is 577. The van der Waals surface area contributed by atoms with Crippen LogP contribution in [0.25, 0.3) is 10.9 Å². The highest BCUT2D eigenvalue weighted by Crippen LogP contribution is 2.32. The first kappa shape index (κ1) is 12.2. The molecule has 0 atom stereocenters. The van der Waals surface area contributed by atoms with Crippen molar-refractivity contribution in [2.24, 2.45) is 5.92 Å². The van der Waals surface area contributed by atoms with Gasteiger partial charge in [0.2, 0.25) is 0 Å². The predicted molar refractivity (Wildman–Crippen MR) is 78.2 cm³/mol. The summed E-state index contributed by atoms with van der Waals surface area (Å²) in [5.74, 6) is 0.444. The number of rotatable bonds is 2. The normalized spacial score (nSPS) is 17.0. The molecule has 1 aliphatic rings. The lowest BCUT2D eigenvalue weighted by Crippen LogP contribution is -2.35. The number of aliphatic hydroxyl groups is 1. The Morgan fingerprint density at radius 1 is 1.26 bits per heavy atom. The van der Waals surface area contributed by atoms with E-state index in [1.54, 1.807) is 6.20 Å². The first-order valence-corrected chi connectivity index (χ1v) is 6.78. The Balaban J connectivity index is 1.91. The number of hydrogen-bond donors (Lipinski definition) is 2. The van der Waals surface area contributed by atoms with Crippen LogP contribution in [0.2, 0.25) is 0 Å². The number of aliphatic hydroxyl groups excluding tert-OH is 1. The van der Waals surface area contributed by atoms with E-state index in [0.717, 1.165) is 48.2 Å². The van der Waals surface area contributed by atoms with Crippen molar-refractivity contribution in [3.8, 4) is 0 Å². The minimum absolute atomic E-state index is 0.297. The highest BCUT2D eigenvalue weighted by atomic mass is 16.3. The molecular weight excluding hydrogens is 238 g/mol. The Hall–Kier alpha value is -1.81. The second-order valence-electron chi connectivity index (χ2n) is 5.18. The number of nitrogens with zero attached hydrogens (tertiary/aromatic N) is 2. The van der Waals surface area contributed by atoms with Gasteiger partial charge in [-0.25, -0.2) is 0 Å². The van der Waals surface area contributed by atoms with E-state index < -0.39 is 0 Å². The van der Waals surface area contributed by atoms with Crippen molar-refractivity contribution >= 4 is 22.3 Å². The third-order valence-corrected chi connectivity index (χ3v) is 4.02. The molecule has 1 fully saturated rings. The van der Waals surface area contributed by atoms with Gasteiger partial charge in [-0.05, 0) is 43.0 Å². The van der Waals surface area contributed by atoms with Gasteiger partial charge in [-0.3, -0.25) is 4.98 Å². The monoisotopic (exact) mass is 257 g/mol. The predicted octanol–water partition coefficient (Wildman–Crippen LogP) is 2.03. The third-order valence-electron chi connectivity index (χ3n) is 4.02. The molecule has 19 heavy (non-hydrogen) atoms. The maximum absolute atomic E-state index is 9.19. The Kier molecular flexibility index (Phi) is 3.25. The number of benzene rings is 1. The van der Waals surface area contributed by atoms with Gasteiger partial charge < -0.3 is 15.7 Å². The van der Waals surface area contributed by atoms with Crippen LogP contribution in [0.3, 0.4) is 0 Å². The van der Waals surface area contributed by atoms with Crippen LogP contribution in [0.5, 0.6) is 0 Å². The zero-order valence-corrected chi connectivity index (χ0v) is 10.9. The van der Waals surface area contributed by atoms with Crippen molar-refractivity contribution in [1.82, 2.24) is 4.98 Å². The van der Waals surface area contributed by atoms with Crippen molar-refractivity contribution in [3.63, 3.8) is 0 Å². The molecule has 0 bridgehead atoms. The summed E-state index contributed by atoms with van der Waals surface area (Å²) < 4.78 is 0. The molecule has 4 heteroatoms. The van der Waals surface area contributed by atoms with E-state index in [4.69, 9.17) is 5.73 Å². The third kappa shape index (κ3) is 2.24. The van der Waals surface area contributed by atoms with Gasteiger partial charge in [0.1, 0.15) is 0 Å². The molecular formula is C15H19N3O. The van der Waals surface area contributed by atoms with Gasteiger partial charge in [-0.1, -0.05) is 0 Å². The average Bonchev–Trinajstić information content (AvgIpc) is 2.48. The lowest BCUT2D eigenvalue weighted by molar-refractivity contribution is 0.203. The van der Waals surface area contributed by atoms with E-state index in [9.17, 15) is 5.11 Å². The topological polar surface area (TPSA) is 62.4 Å². The van der Waals surface area contributed by atoms with Crippen LogP contribution in [-0.2, 0) is 0 Å². The quantitative estimate of drug-likeness (QED) is 0.808. The number of piperidine rings is 1. The molecule has 1 aromatic heterocycles. The molecule has 0 unspecified atom stereocenters. The molecule has 100 valence electrons. The number of pyridine rings is 1. The summed E-state index contributed by atoms with van der Waals surface area (Å²) in [6.45, 7) is 2.22. The molecule has 0 amide bonds. The molecule has 1 aliphatic heterocycles. The summed E-state index contributed by atoms with van der Waals surface area (Å²) in [4.78, 5) is 6.64. The lowest BCUT2D eigenvalue weighted by atomic mass is 9.97. The Labute approximate surface area is 112 Å². The average molecular weight is 257 g/mol. The van der Waals surface area contributed by atoms with Gasteiger partial charge in [0.05, 0.1) is 16.9 Å². The van der Waals surface area contributed by atoms with E-state index in [0.29, 0.717) is 12.5 Å². The number of nitrogens with two attached hydrogens (primary N) is 1. The molecule has 0 spiro atoms. The highest BCUT2D eigenvalue weighted by Gasteiger charge is 2.20. The molecule has 3 N–H and O–H groups in total. The largest absolute Gasteiger partial charge is 0.396 e. The van der Waals surface area contributed by atoms with Crippen LogP contribution < -0.4 is 10.6 Å². The standard InChI is InChI=1S/C15H19N3O/c16-15-12-2-1-7-17-13(12)3-4-14(15)18-8-5-11(10-19)6-9-18/h1-4,7,11,19H,5-6,8-10,16H2. The van der Waals surface area contributed by atoms with Crippen molar-refractivity contribution in [3.05, 3.63) is 30.5 Å². The fraction of sp³-hybridized carbons (Fsp3) is 0.400. The van der Waals surface area contributed by atoms with Gasteiger partial charge >= 0.3 is 0 Å². The van der Waals surface area contributed by atoms with Gasteiger partial charge in [0.15, 0.2) is 0 Å². The molecule has 1 aromatic carbocycles. The molecule has 3 rings (SSSR count). The Morgan fingerprint density at radius 3 is 2.79 bits per heavy atom. The molecule has 2 aromatic rings. The summed E-state index contributed by atoms with van der Waals surface area (Å²) >= 11 is 0. The van der Waals surface area contributed by atoms with Gasteiger partial charge in [0, 0.05) is 31.3 Å². The number of fused-ring (bicyclic) bond motifs is 1. The molecule has 4 nitrogen and oxygen atoms in total. The number of nitrogen functional groups attached to an aromatic ring is 1. The molecule has 0 radical (unpaired) electrons. The van der Waals surface area contributed by atoms with E-state index >= 15 is 0 Å². The van der Waals surface area contributed by atoms with Crippen LogP contribution in [0.4, 0.5) is 11.4 Å². The molecule has 2 heterocycles. The van der Waals surface area contributed by atoms with Gasteiger partial charge in [-0.2, -0.15) is 0 Å². The summed E-state index contributed by atoms with van der Waals surface area (Å²) in [6, 6.07) is 8.02. The first-order valence-electron chi connectivity index (χ1n) is 6.78.